The molecule has 152 valence electrons. The second kappa shape index (κ2) is 9.49. The Balaban J connectivity index is 0.00000131. The van der Waals surface area contributed by atoms with Crippen molar-refractivity contribution in [3.8, 4) is 0 Å². The number of hydrogen-bond donors (Lipinski definition) is 1. The number of fused-ring (bicyclic) bond motifs is 3. The predicted molar refractivity (Wildman–Crippen MR) is 116 cm³/mol. The van der Waals surface area contributed by atoms with Gasteiger partial charge >= 0.3 is 0 Å². The lowest BCUT2D eigenvalue weighted by Gasteiger charge is -2.38. The quantitative estimate of drug-likeness (QED) is 0.814. The molecule has 0 spiro atoms. The van der Waals surface area contributed by atoms with E-state index in [0.29, 0.717) is 36.5 Å². The van der Waals surface area contributed by atoms with Crippen LogP contribution in [-0.4, -0.2) is 48.6 Å². The van der Waals surface area contributed by atoms with Crippen LogP contribution in [0.25, 0.3) is 0 Å². The number of halogens is 2. The summed E-state index contributed by atoms with van der Waals surface area (Å²) >= 11 is 0. The summed E-state index contributed by atoms with van der Waals surface area (Å²) in [7, 11) is 2.02. The van der Waals surface area contributed by atoms with Crippen molar-refractivity contribution in [3.05, 3.63) is 29.8 Å². The molecule has 3 aliphatic rings. The number of nitrogens with one attached hydrogen (secondary N) is 1. The predicted octanol–water partition coefficient (Wildman–Crippen LogP) is 3.80. The van der Waals surface area contributed by atoms with Gasteiger partial charge in [0.05, 0.1) is 0 Å². The Morgan fingerprint density at radius 1 is 1.15 bits per heavy atom. The summed E-state index contributed by atoms with van der Waals surface area (Å²) in [4.78, 5) is 17.3. The second-order valence-electron chi connectivity index (χ2n) is 8.23. The number of hydrogen-bond acceptors (Lipinski definition) is 3. The summed E-state index contributed by atoms with van der Waals surface area (Å²) in [6, 6.07) is 10.9. The van der Waals surface area contributed by atoms with Crippen LogP contribution in [0.3, 0.4) is 0 Å². The third-order valence-corrected chi connectivity index (χ3v) is 6.62. The molecule has 0 aromatic heterocycles. The lowest BCUT2D eigenvalue weighted by molar-refractivity contribution is -0.132. The average molecular weight is 414 g/mol. The molecule has 2 saturated heterocycles. The first kappa shape index (κ1) is 22.3. The molecule has 3 heterocycles. The van der Waals surface area contributed by atoms with Gasteiger partial charge in [-0.2, -0.15) is 0 Å². The smallest absolute Gasteiger partial charge is 0.224 e. The number of carbonyl (C=O) groups excluding carboxylic acids is 1. The van der Waals surface area contributed by atoms with Crippen molar-refractivity contribution in [3.63, 3.8) is 0 Å². The highest BCUT2D eigenvalue weighted by Crippen LogP contribution is 2.31. The van der Waals surface area contributed by atoms with E-state index in [1.807, 2.05) is 11.9 Å². The van der Waals surface area contributed by atoms with E-state index >= 15 is 0 Å². The molecule has 1 amide bonds. The summed E-state index contributed by atoms with van der Waals surface area (Å²) in [5, 5.41) is 3.67. The number of carbonyl (C=O) groups is 1. The maximum Gasteiger partial charge on any atom is 0.224 e. The summed E-state index contributed by atoms with van der Waals surface area (Å²) in [6.07, 6.45) is 7.77. The number of anilines is 1. The first-order valence-electron chi connectivity index (χ1n) is 9.98. The maximum atomic E-state index is 12.8. The molecule has 0 radical (unpaired) electrons. The van der Waals surface area contributed by atoms with E-state index in [-0.39, 0.29) is 24.8 Å². The van der Waals surface area contributed by atoms with Gasteiger partial charge in [0, 0.05) is 49.9 Å². The van der Waals surface area contributed by atoms with E-state index in [9.17, 15) is 4.79 Å². The third-order valence-electron chi connectivity index (χ3n) is 6.62. The number of piperidine rings is 1. The Labute approximate surface area is 175 Å². The molecule has 2 fully saturated rings. The Morgan fingerprint density at radius 3 is 2.52 bits per heavy atom. The van der Waals surface area contributed by atoms with Crippen LogP contribution in [-0.2, 0) is 11.2 Å². The molecule has 1 aromatic carbocycles. The van der Waals surface area contributed by atoms with Crippen molar-refractivity contribution in [2.75, 3.05) is 18.5 Å². The van der Waals surface area contributed by atoms with E-state index in [2.05, 4.69) is 41.4 Å². The normalized spacial score (nSPS) is 28.6. The molecule has 4 rings (SSSR count). The molecule has 3 atom stereocenters. The molecule has 1 aromatic rings. The van der Waals surface area contributed by atoms with Gasteiger partial charge in [0.25, 0.3) is 0 Å². The molecule has 27 heavy (non-hydrogen) atoms. The molecule has 0 saturated carbocycles. The van der Waals surface area contributed by atoms with Gasteiger partial charge < -0.3 is 15.1 Å². The molecule has 3 aliphatic heterocycles. The standard InChI is InChI=1S/C21H31N3O.2ClH/c1-15-7-8-16-5-3-4-6-20(16)24(15)12-11-21(25)23(2)19-13-17-9-10-18(14-19)22-17;;/h3-6,15,17-19,22H,7-14H2,1-2H3;2*1H. The van der Waals surface area contributed by atoms with Crippen molar-refractivity contribution < 1.29 is 4.79 Å². The number of para-hydroxylation sites is 1. The molecule has 2 bridgehead atoms. The zero-order chi connectivity index (χ0) is 17.4. The Bertz CT molecular complexity index is 630. The van der Waals surface area contributed by atoms with Crippen LogP contribution in [0.15, 0.2) is 24.3 Å². The molecule has 0 aliphatic carbocycles. The largest absolute Gasteiger partial charge is 0.368 e. The van der Waals surface area contributed by atoms with Crippen LogP contribution in [0.5, 0.6) is 0 Å². The second-order valence-corrected chi connectivity index (χ2v) is 8.23. The topological polar surface area (TPSA) is 35.6 Å². The van der Waals surface area contributed by atoms with Gasteiger partial charge in [-0.3, -0.25) is 4.79 Å². The van der Waals surface area contributed by atoms with E-state index in [0.717, 1.165) is 25.8 Å². The number of aryl methyl sites for hydroxylation is 1. The summed E-state index contributed by atoms with van der Waals surface area (Å²) in [5.74, 6) is 0.307. The summed E-state index contributed by atoms with van der Waals surface area (Å²) < 4.78 is 0. The van der Waals surface area contributed by atoms with Gasteiger partial charge in [0.1, 0.15) is 0 Å². The Morgan fingerprint density at radius 2 is 1.81 bits per heavy atom. The van der Waals surface area contributed by atoms with E-state index in [1.54, 1.807) is 0 Å². The van der Waals surface area contributed by atoms with Crippen LogP contribution in [0.4, 0.5) is 5.69 Å². The minimum Gasteiger partial charge on any atom is -0.368 e. The molecule has 4 nitrogen and oxygen atoms in total. The average Bonchev–Trinajstić information content (AvgIpc) is 2.97. The Hall–Kier alpha value is -0.970. The molecule has 6 heteroatoms. The molecule has 1 N–H and O–H groups in total. The van der Waals surface area contributed by atoms with Crippen LogP contribution in [0, 0.1) is 0 Å². The van der Waals surface area contributed by atoms with E-state index < -0.39 is 0 Å². The van der Waals surface area contributed by atoms with Crippen molar-refractivity contribution in [1.29, 1.82) is 0 Å². The van der Waals surface area contributed by atoms with Gasteiger partial charge in [0.2, 0.25) is 5.91 Å². The van der Waals surface area contributed by atoms with Crippen LogP contribution in [0.2, 0.25) is 0 Å². The first-order valence-corrected chi connectivity index (χ1v) is 9.98. The lowest BCUT2D eigenvalue weighted by atomic mass is 9.96. The van der Waals surface area contributed by atoms with Gasteiger partial charge in [-0.25, -0.2) is 0 Å². The Kier molecular flexibility index (Phi) is 7.84. The van der Waals surface area contributed by atoms with E-state index in [4.69, 9.17) is 0 Å². The third kappa shape index (κ3) is 4.72. The highest BCUT2D eigenvalue weighted by molar-refractivity contribution is 5.85. The maximum absolute atomic E-state index is 12.8. The molecular weight excluding hydrogens is 381 g/mol. The highest BCUT2D eigenvalue weighted by atomic mass is 35.5. The summed E-state index contributed by atoms with van der Waals surface area (Å²) in [5.41, 5.74) is 2.76. The van der Waals surface area contributed by atoms with Crippen LogP contribution >= 0.6 is 24.8 Å². The van der Waals surface area contributed by atoms with Crippen LogP contribution < -0.4 is 10.2 Å². The van der Waals surface area contributed by atoms with E-state index in [1.165, 1.54) is 30.5 Å². The van der Waals surface area contributed by atoms with Gasteiger partial charge in [-0.1, -0.05) is 18.2 Å². The monoisotopic (exact) mass is 413 g/mol. The fraction of sp³-hybridized carbons (Fsp3) is 0.667. The van der Waals surface area contributed by atoms with Gasteiger partial charge in [-0.15, -0.1) is 24.8 Å². The zero-order valence-electron chi connectivity index (χ0n) is 16.4. The fourth-order valence-corrected chi connectivity index (χ4v) is 5.04. The lowest BCUT2D eigenvalue weighted by Crippen LogP contribution is -2.49. The number of benzene rings is 1. The van der Waals surface area contributed by atoms with Gasteiger partial charge in [-0.05, 0) is 57.1 Å². The van der Waals surface area contributed by atoms with Gasteiger partial charge in [0.15, 0.2) is 0 Å². The molecular formula is C21H33Cl2N3O. The van der Waals surface area contributed by atoms with Crippen molar-refractivity contribution in [2.45, 2.75) is 76.0 Å². The number of rotatable bonds is 4. The van der Waals surface area contributed by atoms with Crippen LogP contribution in [0.1, 0.15) is 51.0 Å². The highest BCUT2D eigenvalue weighted by Gasteiger charge is 2.36. The first-order chi connectivity index (χ1) is 12.1. The SMILES string of the molecule is CC1CCc2ccccc2N1CCC(=O)N(C)C1CC2CCC(C1)N2.Cl.Cl. The minimum atomic E-state index is 0. The zero-order valence-corrected chi connectivity index (χ0v) is 18.0. The number of amides is 1. The fourth-order valence-electron chi connectivity index (χ4n) is 5.04. The number of nitrogens with zero attached hydrogens (tertiary/aromatic N) is 2. The van der Waals surface area contributed by atoms with Crippen molar-refractivity contribution >= 4 is 36.4 Å². The van der Waals surface area contributed by atoms with Crippen molar-refractivity contribution in [2.24, 2.45) is 0 Å². The summed E-state index contributed by atoms with van der Waals surface area (Å²) in [6.45, 7) is 3.12. The van der Waals surface area contributed by atoms with Crippen molar-refractivity contribution in [1.82, 2.24) is 10.2 Å². The molecule has 3 unspecified atom stereocenters. The minimum absolute atomic E-state index is 0.